The Morgan fingerprint density at radius 2 is 0.789 bits per heavy atom. The lowest BCUT2D eigenvalue weighted by atomic mass is 10.0. The van der Waals surface area contributed by atoms with Crippen LogP contribution in [0.25, 0.3) is 0 Å². The summed E-state index contributed by atoms with van der Waals surface area (Å²) in [6, 6.07) is 0. The molecule has 4 nitrogen and oxygen atoms in total. The van der Waals surface area contributed by atoms with Crippen LogP contribution >= 0.6 is 0 Å². The first-order chi connectivity index (χ1) is 18.6. The quantitative estimate of drug-likeness (QED) is 0.0651. The highest BCUT2D eigenvalue weighted by Crippen LogP contribution is 2.18. The number of aliphatic carboxylic acids is 1. The van der Waals surface area contributed by atoms with Crippen molar-refractivity contribution in [1.29, 1.82) is 0 Å². The van der Waals surface area contributed by atoms with Gasteiger partial charge in [-0.1, -0.05) is 149 Å². The molecule has 0 amide bonds. The summed E-state index contributed by atoms with van der Waals surface area (Å²) in [5.74, 6) is -0.906. The highest BCUT2D eigenvalue weighted by molar-refractivity contribution is 5.69. The molecule has 0 aliphatic carbocycles. The molecule has 1 unspecified atom stereocenters. The second-order valence-corrected chi connectivity index (χ2v) is 11.7. The Hall–Kier alpha value is -1.06. The second kappa shape index (κ2) is 30.5. The van der Waals surface area contributed by atoms with Gasteiger partial charge in [-0.3, -0.25) is 4.79 Å². The molecule has 0 saturated carbocycles. The zero-order valence-electron chi connectivity index (χ0n) is 25.7. The van der Waals surface area contributed by atoms with E-state index in [2.05, 4.69) is 13.8 Å². The summed E-state index contributed by atoms with van der Waals surface area (Å²) in [6.07, 6.45) is 33.9. The average molecular weight is 538 g/mol. The van der Waals surface area contributed by atoms with Crippen LogP contribution in [-0.4, -0.2) is 18.0 Å². The zero-order chi connectivity index (χ0) is 27.9. The minimum absolute atomic E-state index is 0.0215. The largest absolute Gasteiger partial charge is 0.550 e. The molecule has 0 N–H and O–H groups in total. The van der Waals surface area contributed by atoms with E-state index < -0.39 is 5.97 Å². The highest BCUT2D eigenvalue weighted by atomic mass is 16.5. The average Bonchev–Trinajstić information content (AvgIpc) is 2.89. The Morgan fingerprint density at radius 3 is 1.21 bits per heavy atom. The molecule has 0 fully saturated rings. The van der Waals surface area contributed by atoms with E-state index in [9.17, 15) is 14.7 Å². The van der Waals surface area contributed by atoms with Gasteiger partial charge in [0.15, 0.2) is 0 Å². The Bertz CT molecular complexity index is 505. The van der Waals surface area contributed by atoms with Crippen molar-refractivity contribution in [2.75, 3.05) is 0 Å². The summed E-state index contributed by atoms with van der Waals surface area (Å²) >= 11 is 0. The lowest BCUT2D eigenvalue weighted by Crippen LogP contribution is -2.21. The first-order valence-electron chi connectivity index (χ1n) is 17.0. The maximum Gasteiger partial charge on any atom is 0.306 e. The molecular weight excluding hydrogens is 472 g/mol. The summed E-state index contributed by atoms with van der Waals surface area (Å²) in [5, 5.41) is 10.4. The molecule has 0 aromatic heterocycles. The Kier molecular flexibility index (Phi) is 29.6. The maximum absolute atomic E-state index is 12.4. The van der Waals surface area contributed by atoms with Gasteiger partial charge >= 0.3 is 5.97 Å². The van der Waals surface area contributed by atoms with E-state index in [1.54, 1.807) is 0 Å². The van der Waals surface area contributed by atoms with E-state index in [1.807, 2.05) is 0 Å². The molecule has 226 valence electrons. The van der Waals surface area contributed by atoms with Crippen molar-refractivity contribution in [2.24, 2.45) is 0 Å². The van der Waals surface area contributed by atoms with Crippen molar-refractivity contribution in [1.82, 2.24) is 0 Å². The first kappa shape index (κ1) is 36.9. The molecule has 0 spiro atoms. The smallest absolute Gasteiger partial charge is 0.306 e. The van der Waals surface area contributed by atoms with Crippen LogP contribution in [0.5, 0.6) is 0 Å². The van der Waals surface area contributed by atoms with Crippen molar-refractivity contribution in [3.8, 4) is 0 Å². The number of hydrogen-bond donors (Lipinski definition) is 0. The predicted molar refractivity (Wildman–Crippen MR) is 160 cm³/mol. The Balaban J connectivity index is 3.73. The van der Waals surface area contributed by atoms with Crippen LogP contribution in [0.4, 0.5) is 0 Å². The third-order valence-corrected chi connectivity index (χ3v) is 7.82. The number of carbonyl (C=O) groups excluding carboxylic acids is 2. The van der Waals surface area contributed by atoms with Gasteiger partial charge < -0.3 is 14.6 Å². The van der Waals surface area contributed by atoms with Crippen molar-refractivity contribution in [3.63, 3.8) is 0 Å². The third kappa shape index (κ3) is 29.5. The van der Waals surface area contributed by atoms with E-state index >= 15 is 0 Å². The summed E-state index contributed by atoms with van der Waals surface area (Å²) in [6.45, 7) is 4.50. The number of carboxylic acids is 1. The number of carbonyl (C=O) groups is 2. The van der Waals surface area contributed by atoms with E-state index in [-0.39, 0.29) is 18.5 Å². The Labute approximate surface area is 237 Å². The molecule has 0 radical (unpaired) electrons. The van der Waals surface area contributed by atoms with Crippen LogP contribution in [0.1, 0.15) is 200 Å². The van der Waals surface area contributed by atoms with Crippen LogP contribution in [0.2, 0.25) is 0 Å². The van der Waals surface area contributed by atoms with Gasteiger partial charge in [0.2, 0.25) is 0 Å². The fourth-order valence-electron chi connectivity index (χ4n) is 5.29. The Morgan fingerprint density at radius 1 is 0.474 bits per heavy atom. The van der Waals surface area contributed by atoms with Gasteiger partial charge in [-0.2, -0.15) is 0 Å². The summed E-state index contributed by atoms with van der Waals surface area (Å²) in [4.78, 5) is 22.9. The molecule has 0 saturated heterocycles. The molecule has 0 bridgehead atoms. The van der Waals surface area contributed by atoms with Gasteiger partial charge in [-0.25, -0.2) is 0 Å². The van der Waals surface area contributed by atoms with Gasteiger partial charge in [0, 0.05) is 12.4 Å². The molecule has 1 atom stereocenters. The molecule has 0 aliphatic rings. The van der Waals surface area contributed by atoms with Gasteiger partial charge in [0.1, 0.15) is 6.10 Å². The monoisotopic (exact) mass is 537 g/mol. The number of rotatable bonds is 31. The SMILES string of the molecule is CCCCCCCCCCCCCCCC(=O)OC(CCCCC)CCCCCCCCCCCC(=O)[O-]. The fourth-order valence-corrected chi connectivity index (χ4v) is 5.29. The number of unbranched alkanes of at least 4 members (excludes halogenated alkanes) is 22. The van der Waals surface area contributed by atoms with Gasteiger partial charge in [-0.15, -0.1) is 0 Å². The normalized spacial score (nSPS) is 12.1. The topological polar surface area (TPSA) is 66.4 Å². The van der Waals surface area contributed by atoms with Crippen LogP contribution in [0.15, 0.2) is 0 Å². The molecule has 38 heavy (non-hydrogen) atoms. The van der Waals surface area contributed by atoms with Gasteiger partial charge in [-0.05, 0) is 44.9 Å². The van der Waals surface area contributed by atoms with Crippen LogP contribution in [-0.2, 0) is 14.3 Å². The van der Waals surface area contributed by atoms with E-state index in [0.29, 0.717) is 6.42 Å². The predicted octanol–water partition coefficient (Wildman–Crippen LogP) is 10.0. The third-order valence-electron chi connectivity index (χ3n) is 7.82. The van der Waals surface area contributed by atoms with E-state index in [4.69, 9.17) is 4.74 Å². The summed E-state index contributed by atoms with van der Waals surface area (Å²) in [7, 11) is 0. The van der Waals surface area contributed by atoms with Crippen LogP contribution in [0, 0.1) is 0 Å². The minimum Gasteiger partial charge on any atom is -0.550 e. The van der Waals surface area contributed by atoms with E-state index in [1.165, 1.54) is 116 Å². The van der Waals surface area contributed by atoms with Crippen molar-refractivity contribution in [2.45, 2.75) is 206 Å². The number of ether oxygens (including phenoxy) is 1. The molecular formula is C34H65O4-. The summed E-state index contributed by atoms with van der Waals surface area (Å²) < 4.78 is 5.92. The molecule has 0 aliphatic heterocycles. The molecule has 0 rings (SSSR count). The van der Waals surface area contributed by atoms with Crippen molar-refractivity contribution in [3.05, 3.63) is 0 Å². The lowest BCUT2D eigenvalue weighted by Gasteiger charge is -2.18. The number of esters is 1. The molecule has 0 aromatic rings. The molecule has 0 heterocycles. The standard InChI is InChI=1S/C34H66O4/c1-3-5-7-8-9-10-11-12-13-17-20-23-27-31-34(37)38-32(28-24-6-4-2)29-25-21-18-15-14-16-19-22-26-30-33(35)36/h32H,3-31H2,1-2H3,(H,35,36)/p-1. The zero-order valence-corrected chi connectivity index (χ0v) is 25.7. The highest BCUT2D eigenvalue weighted by Gasteiger charge is 2.14. The molecule has 0 aromatic carbocycles. The molecule has 4 heteroatoms. The van der Waals surface area contributed by atoms with Gasteiger partial charge in [0.25, 0.3) is 0 Å². The maximum atomic E-state index is 12.4. The minimum atomic E-state index is -0.928. The van der Waals surface area contributed by atoms with Gasteiger partial charge in [0.05, 0.1) is 0 Å². The number of hydrogen-bond acceptors (Lipinski definition) is 4. The fraction of sp³-hybridized carbons (Fsp3) is 0.941. The van der Waals surface area contributed by atoms with Crippen LogP contribution in [0.3, 0.4) is 0 Å². The lowest BCUT2D eigenvalue weighted by molar-refractivity contribution is -0.305. The van der Waals surface area contributed by atoms with Crippen molar-refractivity contribution >= 4 is 11.9 Å². The first-order valence-corrected chi connectivity index (χ1v) is 17.0. The van der Waals surface area contributed by atoms with Crippen molar-refractivity contribution < 1.29 is 19.4 Å². The second-order valence-electron chi connectivity index (χ2n) is 11.7. The number of carboxylic acid groups (broad SMARTS) is 1. The van der Waals surface area contributed by atoms with E-state index in [0.717, 1.165) is 57.8 Å². The van der Waals surface area contributed by atoms with Crippen LogP contribution < -0.4 is 5.11 Å². The summed E-state index contributed by atoms with van der Waals surface area (Å²) in [5.41, 5.74) is 0.